The quantitative estimate of drug-likeness (QED) is 0.561. The standard InChI is InChI=1S/C10H22N2O/c1-3-10(4-2,8-13)7-12-9-5-11-6-9/h9,11-13H,3-8H2,1-2H3. The minimum atomic E-state index is 0.107. The maximum absolute atomic E-state index is 9.32. The summed E-state index contributed by atoms with van der Waals surface area (Å²) in [5.41, 5.74) is 0.107. The van der Waals surface area contributed by atoms with Crippen LogP contribution in [0.15, 0.2) is 0 Å². The van der Waals surface area contributed by atoms with Crippen molar-refractivity contribution in [3.05, 3.63) is 0 Å². The van der Waals surface area contributed by atoms with Gasteiger partial charge >= 0.3 is 0 Å². The summed E-state index contributed by atoms with van der Waals surface area (Å²) in [5.74, 6) is 0. The summed E-state index contributed by atoms with van der Waals surface area (Å²) in [6.07, 6.45) is 2.10. The van der Waals surface area contributed by atoms with Gasteiger partial charge in [0.05, 0.1) is 0 Å². The van der Waals surface area contributed by atoms with Gasteiger partial charge in [0.1, 0.15) is 0 Å². The van der Waals surface area contributed by atoms with Crippen molar-refractivity contribution in [1.29, 1.82) is 0 Å². The van der Waals surface area contributed by atoms with Gasteiger partial charge in [-0.3, -0.25) is 0 Å². The number of hydrogen-bond donors (Lipinski definition) is 3. The van der Waals surface area contributed by atoms with Crippen LogP contribution >= 0.6 is 0 Å². The number of rotatable bonds is 6. The van der Waals surface area contributed by atoms with Crippen molar-refractivity contribution in [2.45, 2.75) is 32.7 Å². The normalized spacial score (nSPS) is 18.7. The van der Waals surface area contributed by atoms with Gasteiger partial charge in [0, 0.05) is 37.7 Å². The molecule has 1 aliphatic rings. The van der Waals surface area contributed by atoms with Gasteiger partial charge in [-0.1, -0.05) is 13.8 Å². The van der Waals surface area contributed by atoms with E-state index in [0.717, 1.165) is 32.5 Å². The molecule has 0 unspecified atom stereocenters. The van der Waals surface area contributed by atoms with Crippen LogP contribution in [0.4, 0.5) is 0 Å². The first-order valence-electron chi connectivity index (χ1n) is 5.31. The Hall–Kier alpha value is -0.120. The summed E-state index contributed by atoms with van der Waals surface area (Å²) in [6.45, 7) is 7.71. The third kappa shape index (κ3) is 2.66. The topological polar surface area (TPSA) is 44.3 Å². The fraction of sp³-hybridized carbons (Fsp3) is 1.00. The van der Waals surface area contributed by atoms with E-state index in [9.17, 15) is 5.11 Å². The van der Waals surface area contributed by atoms with Gasteiger partial charge in [0.2, 0.25) is 0 Å². The molecule has 0 aromatic rings. The second-order valence-corrected chi connectivity index (χ2v) is 4.10. The zero-order valence-electron chi connectivity index (χ0n) is 8.77. The Kier molecular flexibility index (Phi) is 4.16. The number of nitrogens with one attached hydrogen (secondary N) is 2. The molecule has 1 aliphatic heterocycles. The molecule has 1 saturated heterocycles. The smallest absolute Gasteiger partial charge is 0.0499 e. The molecular weight excluding hydrogens is 164 g/mol. The highest BCUT2D eigenvalue weighted by Crippen LogP contribution is 2.24. The number of aliphatic hydroxyl groups excluding tert-OH is 1. The average molecular weight is 186 g/mol. The van der Waals surface area contributed by atoms with E-state index in [1.807, 2.05) is 0 Å². The molecule has 0 aliphatic carbocycles. The highest BCUT2D eigenvalue weighted by atomic mass is 16.3. The van der Waals surface area contributed by atoms with Crippen LogP contribution in [0, 0.1) is 5.41 Å². The molecular formula is C10H22N2O. The van der Waals surface area contributed by atoms with Gasteiger partial charge in [0.25, 0.3) is 0 Å². The van der Waals surface area contributed by atoms with Gasteiger partial charge in [-0.05, 0) is 12.8 Å². The number of aliphatic hydroxyl groups is 1. The maximum Gasteiger partial charge on any atom is 0.0499 e. The van der Waals surface area contributed by atoms with Gasteiger partial charge in [-0.15, -0.1) is 0 Å². The molecule has 0 amide bonds. The third-order valence-corrected chi connectivity index (χ3v) is 3.38. The highest BCUT2D eigenvalue weighted by Gasteiger charge is 2.27. The summed E-state index contributed by atoms with van der Waals surface area (Å²) < 4.78 is 0. The van der Waals surface area contributed by atoms with Crippen molar-refractivity contribution >= 4 is 0 Å². The first-order chi connectivity index (χ1) is 6.26. The Balaban J connectivity index is 2.27. The summed E-state index contributed by atoms with van der Waals surface area (Å²) in [6, 6.07) is 0.629. The predicted octanol–water partition coefficient (Wildman–Crippen LogP) is 0.346. The lowest BCUT2D eigenvalue weighted by molar-refractivity contribution is 0.106. The lowest BCUT2D eigenvalue weighted by Crippen LogP contribution is -2.57. The van der Waals surface area contributed by atoms with Crippen LogP contribution in [0.25, 0.3) is 0 Å². The number of hydrogen-bond acceptors (Lipinski definition) is 3. The van der Waals surface area contributed by atoms with E-state index >= 15 is 0 Å². The van der Waals surface area contributed by atoms with Crippen molar-refractivity contribution in [3.8, 4) is 0 Å². The lowest BCUT2D eigenvalue weighted by Gasteiger charge is -2.35. The largest absolute Gasteiger partial charge is 0.396 e. The minimum absolute atomic E-state index is 0.107. The van der Waals surface area contributed by atoms with Crippen LogP contribution in [-0.4, -0.2) is 37.4 Å². The van der Waals surface area contributed by atoms with E-state index in [-0.39, 0.29) is 5.41 Å². The summed E-state index contributed by atoms with van der Waals surface area (Å²) in [5, 5.41) is 16.0. The SMILES string of the molecule is CCC(CC)(CO)CNC1CNC1. The van der Waals surface area contributed by atoms with E-state index in [2.05, 4.69) is 24.5 Å². The second kappa shape index (κ2) is 4.94. The molecule has 0 aromatic carbocycles. The van der Waals surface area contributed by atoms with Gasteiger partial charge in [-0.25, -0.2) is 0 Å². The van der Waals surface area contributed by atoms with Gasteiger partial charge in [0.15, 0.2) is 0 Å². The molecule has 0 atom stereocenters. The molecule has 3 N–H and O–H groups in total. The maximum atomic E-state index is 9.32. The van der Waals surface area contributed by atoms with Crippen molar-refractivity contribution in [3.63, 3.8) is 0 Å². The van der Waals surface area contributed by atoms with E-state index in [1.165, 1.54) is 0 Å². The van der Waals surface area contributed by atoms with E-state index < -0.39 is 0 Å². The molecule has 1 fully saturated rings. The molecule has 78 valence electrons. The highest BCUT2D eigenvalue weighted by molar-refractivity contribution is 4.86. The lowest BCUT2D eigenvalue weighted by atomic mass is 9.83. The first-order valence-corrected chi connectivity index (χ1v) is 5.31. The fourth-order valence-corrected chi connectivity index (χ4v) is 1.57. The van der Waals surface area contributed by atoms with E-state index in [4.69, 9.17) is 0 Å². The van der Waals surface area contributed by atoms with Crippen molar-refractivity contribution in [1.82, 2.24) is 10.6 Å². The van der Waals surface area contributed by atoms with Crippen LogP contribution in [0.5, 0.6) is 0 Å². The Labute approximate surface area is 80.9 Å². The summed E-state index contributed by atoms with van der Waals surface area (Å²) in [4.78, 5) is 0. The molecule has 1 rings (SSSR count). The van der Waals surface area contributed by atoms with Crippen molar-refractivity contribution < 1.29 is 5.11 Å². The Morgan fingerprint density at radius 2 is 2.00 bits per heavy atom. The molecule has 1 heterocycles. The molecule has 0 aromatic heterocycles. The third-order valence-electron chi connectivity index (χ3n) is 3.38. The van der Waals surface area contributed by atoms with Crippen LogP contribution in [-0.2, 0) is 0 Å². The zero-order valence-corrected chi connectivity index (χ0v) is 8.77. The average Bonchev–Trinajstić information content (AvgIpc) is 2.11. The second-order valence-electron chi connectivity index (χ2n) is 4.10. The zero-order chi connectivity index (χ0) is 9.73. The summed E-state index contributed by atoms with van der Waals surface area (Å²) in [7, 11) is 0. The van der Waals surface area contributed by atoms with Crippen LogP contribution in [0.1, 0.15) is 26.7 Å². The van der Waals surface area contributed by atoms with Crippen LogP contribution in [0.2, 0.25) is 0 Å². The summed E-state index contributed by atoms with van der Waals surface area (Å²) >= 11 is 0. The molecule has 3 heteroatoms. The Bertz CT molecular complexity index is 134. The molecule has 0 bridgehead atoms. The molecule has 0 radical (unpaired) electrons. The predicted molar refractivity (Wildman–Crippen MR) is 54.8 cm³/mol. The molecule has 0 spiro atoms. The van der Waals surface area contributed by atoms with Crippen LogP contribution in [0.3, 0.4) is 0 Å². The van der Waals surface area contributed by atoms with Gasteiger partial charge < -0.3 is 15.7 Å². The molecule has 0 saturated carbocycles. The van der Waals surface area contributed by atoms with Gasteiger partial charge in [-0.2, -0.15) is 0 Å². The van der Waals surface area contributed by atoms with Crippen LogP contribution < -0.4 is 10.6 Å². The fourth-order valence-electron chi connectivity index (χ4n) is 1.57. The van der Waals surface area contributed by atoms with Crippen molar-refractivity contribution in [2.75, 3.05) is 26.2 Å². The Morgan fingerprint density at radius 1 is 1.38 bits per heavy atom. The minimum Gasteiger partial charge on any atom is -0.396 e. The van der Waals surface area contributed by atoms with E-state index in [0.29, 0.717) is 12.6 Å². The van der Waals surface area contributed by atoms with E-state index in [1.54, 1.807) is 0 Å². The first kappa shape index (κ1) is 11.0. The monoisotopic (exact) mass is 186 g/mol. The van der Waals surface area contributed by atoms with Crippen molar-refractivity contribution in [2.24, 2.45) is 5.41 Å². The molecule has 3 nitrogen and oxygen atoms in total. The Morgan fingerprint density at radius 3 is 2.31 bits per heavy atom. The molecule has 13 heavy (non-hydrogen) atoms.